The maximum absolute atomic E-state index is 14.1. The monoisotopic (exact) mass is 437 g/mol. The van der Waals surface area contributed by atoms with Crippen molar-refractivity contribution >= 4 is 34.3 Å². The Morgan fingerprint density at radius 2 is 1.72 bits per heavy atom. The zero-order chi connectivity index (χ0) is 21.8. The predicted molar refractivity (Wildman–Crippen MR) is 98.7 cm³/mol. The molecule has 0 saturated heterocycles. The third-order valence-corrected chi connectivity index (χ3v) is 5.50. The Labute approximate surface area is 168 Å². The summed E-state index contributed by atoms with van der Waals surface area (Å²) in [7, 11) is 0. The van der Waals surface area contributed by atoms with Gasteiger partial charge in [-0.1, -0.05) is 0 Å². The van der Waals surface area contributed by atoms with Crippen LogP contribution < -0.4 is 16.4 Å². The molecule has 1 aliphatic rings. The molecule has 0 spiro atoms. The minimum absolute atomic E-state index is 0.117. The Kier molecular flexibility index (Phi) is 6.98. The van der Waals surface area contributed by atoms with Gasteiger partial charge in [-0.3, -0.25) is 10.1 Å². The van der Waals surface area contributed by atoms with Gasteiger partial charge in [-0.15, -0.1) is 11.3 Å². The summed E-state index contributed by atoms with van der Waals surface area (Å²) in [5.41, 5.74) is 2.20. The van der Waals surface area contributed by atoms with Gasteiger partial charge in [-0.2, -0.15) is 13.2 Å². The van der Waals surface area contributed by atoms with Gasteiger partial charge in [0.15, 0.2) is 0 Å². The molecule has 0 bridgehead atoms. The molecular weight excluding hydrogens is 415 g/mol. The number of primary amides is 1. The molecular formula is C17H22F3N3O5S. The number of alkyl carbamates (subject to hydrolysis) is 1. The summed E-state index contributed by atoms with van der Waals surface area (Å²) in [4.78, 5) is 36.9. The SMILES string of the molecule is CCOC(=O)N[C@](Nc1sc2c(c1C(N)=O)CCCC2)(C(=O)OCC)C(F)(F)F. The first-order chi connectivity index (χ1) is 13.6. The lowest BCUT2D eigenvalue weighted by Crippen LogP contribution is -2.69. The van der Waals surface area contributed by atoms with E-state index in [0.717, 1.165) is 24.2 Å². The smallest absolute Gasteiger partial charge is 0.442 e. The van der Waals surface area contributed by atoms with Crippen LogP contribution in [0.5, 0.6) is 0 Å². The molecule has 12 heteroatoms. The second kappa shape index (κ2) is 8.89. The maximum atomic E-state index is 14.1. The summed E-state index contributed by atoms with van der Waals surface area (Å²) in [5, 5.41) is 3.30. The molecule has 0 aliphatic heterocycles. The van der Waals surface area contributed by atoms with Crippen molar-refractivity contribution in [1.29, 1.82) is 0 Å². The van der Waals surface area contributed by atoms with Gasteiger partial charge >= 0.3 is 23.9 Å². The second-order valence-electron chi connectivity index (χ2n) is 6.22. The highest BCUT2D eigenvalue weighted by Crippen LogP contribution is 2.41. The standard InChI is InChI=1S/C17H22F3N3O5S/c1-3-27-14(25)16(17(18,19)20,23-15(26)28-4-2)22-13-11(12(21)24)9-7-5-6-8-10(9)29-13/h22H,3-8H2,1-2H3,(H2,21,24)(H,23,26)/t16-/m1/s1. The lowest BCUT2D eigenvalue weighted by molar-refractivity contribution is -0.205. The Balaban J connectivity index is 2.60. The number of carbonyl (C=O) groups is 3. The first-order valence-corrected chi connectivity index (χ1v) is 9.80. The molecule has 1 atom stereocenters. The number of ether oxygens (including phenoxy) is 2. The molecule has 29 heavy (non-hydrogen) atoms. The van der Waals surface area contributed by atoms with Crippen LogP contribution in [0.1, 0.15) is 47.5 Å². The molecule has 0 unspecified atom stereocenters. The van der Waals surface area contributed by atoms with E-state index in [1.54, 1.807) is 0 Å². The highest BCUT2D eigenvalue weighted by Gasteiger charge is 2.64. The number of nitrogens with one attached hydrogen (secondary N) is 2. The number of carbonyl (C=O) groups excluding carboxylic acids is 3. The third-order valence-electron chi connectivity index (χ3n) is 4.29. The van der Waals surface area contributed by atoms with Crippen molar-refractivity contribution in [3.63, 3.8) is 0 Å². The van der Waals surface area contributed by atoms with Gasteiger partial charge in [-0.25, -0.2) is 9.59 Å². The number of halogens is 3. The molecule has 0 radical (unpaired) electrons. The van der Waals surface area contributed by atoms with E-state index in [1.807, 2.05) is 5.32 Å². The Bertz CT molecular complexity index is 796. The van der Waals surface area contributed by atoms with Gasteiger partial charge in [0.25, 0.3) is 5.91 Å². The van der Waals surface area contributed by atoms with Crippen molar-refractivity contribution in [2.24, 2.45) is 5.73 Å². The van der Waals surface area contributed by atoms with Crippen LogP contribution in [0.25, 0.3) is 0 Å². The van der Waals surface area contributed by atoms with Gasteiger partial charge in [0.2, 0.25) is 0 Å². The van der Waals surface area contributed by atoms with Crippen LogP contribution in [0.3, 0.4) is 0 Å². The number of alkyl halides is 3. The van der Waals surface area contributed by atoms with Crippen molar-refractivity contribution in [2.75, 3.05) is 18.5 Å². The van der Waals surface area contributed by atoms with Crippen molar-refractivity contribution in [2.45, 2.75) is 51.4 Å². The summed E-state index contributed by atoms with van der Waals surface area (Å²) in [6, 6.07) is 0. The number of esters is 1. The van der Waals surface area contributed by atoms with Gasteiger partial charge in [0.1, 0.15) is 5.00 Å². The molecule has 0 aromatic carbocycles. The minimum atomic E-state index is -5.33. The Morgan fingerprint density at radius 3 is 2.28 bits per heavy atom. The number of anilines is 1. The summed E-state index contributed by atoms with van der Waals surface area (Å²) in [6.07, 6.45) is -4.18. The zero-order valence-electron chi connectivity index (χ0n) is 15.9. The number of amides is 2. The average molecular weight is 437 g/mol. The third kappa shape index (κ3) is 4.57. The van der Waals surface area contributed by atoms with E-state index in [0.29, 0.717) is 23.3 Å². The fraction of sp³-hybridized carbons (Fsp3) is 0.588. The summed E-state index contributed by atoms with van der Waals surface area (Å²) in [5.74, 6) is -2.72. The van der Waals surface area contributed by atoms with Crippen LogP contribution in [-0.2, 0) is 27.1 Å². The lowest BCUT2D eigenvalue weighted by atomic mass is 9.95. The molecule has 8 nitrogen and oxygen atoms in total. The molecule has 1 aromatic rings. The van der Waals surface area contributed by atoms with Crippen molar-refractivity contribution in [3.05, 3.63) is 16.0 Å². The van der Waals surface area contributed by atoms with Gasteiger partial charge in [0.05, 0.1) is 18.8 Å². The van der Waals surface area contributed by atoms with Crippen LogP contribution in [-0.4, -0.2) is 43.0 Å². The minimum Gasteiger partial charge on any atom is -0.463 e. The van der Waals surface area contributed by atoms with Crippen molar-refractivity contribution < 1.29 is 37.0 Å². The molecule has 1 heterocycles. The van der Waals surface area contributed by atoms with Gasteiger partial charge < -0.3 is 20.5 Å². The van der Waals surface area contributed by atoms with Gasteiger partial charge in [-0.05, 0) is 45.1 Å². The number of aryl methyl sites for hydroxylation is 1. The number of nitrogens with two attached hydrogens (primary N) is 1. The summed E-state index contributed by atoms with van der Waals surface area (Å²) >= 11 is 0.897. The number of fused-ring (bicyclic) bond motifs is 1. The fourth-order valence-electron chi connectivity index (χ4n) is 3.04. The molecule has 0 saturated carbocycles. The predicted octanol–water partition coefficient (Wildman–Crippen LogP) is 2.71. The molecule has 1 aromatic heterocycles. The van der Waals surface area contributed by atoms with E-state index in [1.165, 1.54) is 19.2 Å². The maximum Gasteiger partial charge on any atom is 0.442 e. The van der Waals surface area contributed by atoms with E-state index in [4.69, 9.17) is 5.73 Å². The zero-order valence-corrected chi connectivity index (χ0v) is 16.7. The quantitative estimate of drug-likeness (QED) is 0.446. The number of thiophene rings is 1. The van der Waals surface area contributed by atoms with Gasteiger partial charge in [0, 0.05) is 4.88 Å². The number of hydrogen-bond acceptors (Lipinski definition) is 7. The van der Waals surface area contributed by atoms with E-state index >= 15 is 0 Å². The Morgan fingerprint density at radius 1 is 1.10 bits per heavy atom. The largest absolute Gasteiger partial charge is 0.463 e. The highest BCUT2D eigenvalue weighted by atomic mass is 32.1. The van der Waals surface area contributed by atoms with E-state index in [-0.39, 0.29) is 23.8 Å². The second-order valence-corrected chi connectivity index (χ2v) is 7.32. The van der Waals surface area contributed by atoms with Crippen molar-refractivity contribution in [3.8, 4) is 0 Å². The molecule has 0 fully saturated rings. The van der Waals surface area contributed by atoms with Crippen LogP contribution in [0.2, 0.25) is 0 Å². The summed E-state index contributed by atoms with van der Waals surface area (Å²) < 4.78 is 51.4. The molecule has 2 amide bonds. The van der Waals surface area contributed by atoms with Crippen LogP contribution in [0.4, 0.5) is 23.0 Å². The van der Waals surface area contributed by atoms with E-state index in [9.17, 15) is 27.6 Å². The Hall–Kier alpha value is -2.50. The number of hydrogen-bond donors (Lipinski definition) is 3. The topological polar surface area (TPSA) is 120 Å². The molecule has 1 aliphatic carbocycles. The molecule has 2 rings (SSSR count). The first kappa shape index (κ1) is 22.8. The fourth-order valence-corrected chi connectivity index (χ4v) is 4.39. The van der Waals surface area contributed by atoms with Crippen LogP contribution in [0, 0.1) is 0 Å². The highest BCUT2D eigenvalue weighted by molar-refractivity contribution is 7.16. The van der Waals surface area contributed by atoms with Crippen LogP contribution in [0.15, 0.2) is 0 Å². The molecule has 162 valence electrons. The van der Waals surface area contributed by atoms with E-state index < -0.39 is 29.8 Å². The summed E-state index contributed by atoms with van der Waals surface area (Å²) in [6.45, 7) is 2.13. The number of rotatable bonds is 7. The lowest BCUT2D eigenvalue weighted by Gasteiger charge is -2.34. The first-order valence-electron chi connectivity index (χ1n) is 8.98. The van der Waals surface area contributed by atoms with E-state index in [2.05, 4.69) is 9.47 Å². The normalized spacial score (nSPS) is 15.6. The van der Waals surface area contributed by atoms with Crippen LogP contribution >= 0.6 is 11.3 Å². The molecule has 4 N–H and O–H groups in total. The van der Waals surface area contributed by atoms with Crippen molar-refractivity contribution in [1.82, 2.24) is 5.32 Å². The average Bonchev–Trinajstić information content (AvgIpc) is 2.98.